The van der Waals surface area contributed by atoms with Crippen molar-refractivity contribution in [3.63, 3.8) is 0 Å². The van der Waals surface area contributed by atoms with E-state index in [4.69, 9.17) is 0 Å². The van der Waals surface area contributed by atoms with Crippen LogP contribution in [0.15, 0.2) is 78.0 Å². The monoisotopic (exact) mass is 728 g/mol. The van der Waals surface area contributed by atoms with Crippen LogP contribution in [0.2, 0.25) is 0 Å². The third-order valence-electron chi connectivity index (χ3n) is 7.23. The van der Waals surface area contributed by atoms with Crippen molar-refractivity contribution in [1.29, 1.82) is 10.5 Å². The average molecular weight is 727 g/mol. The summed E-state index contributed by atoms with van der Waals surface area (Å²) in [6.45, 7) is 12.3. The number of nitrogens with zero attached hydrogens (tertiary/aromatic N) is 2. The molecule has 0 N–H and O–H groups in total. The second kappa shape index (κ2) is 10.4. The van der Waals surface area contributed by atoms with Gasteiger partial charge in [-0.1, -0.05) is 0 Å². The molecule has 0 aliphatic rings. The van der Waals surface area contributed by atoms with Gasteiger partial charge in [-0.05, 0) is 0 Å². The summed E-state index contributed by atoms with van der Waals surface area (Å²) in [6.07, 6.45) is 0. The summed E-state index contributed by atoms with van der Waals surface area (Å²) >= 11 is -1.41. The number of hydrogen-bond donors (Lipinski definition) is 0. The molecule has 5 aromatic rings. The third kappa shape index (κ3) is 5.12. The van der Waals surface area contributed by atoms with Gasteiger partial charge in [0.05, 0.1) is 0 Å². The molecule has 10 heteroatoms. The molecule has 0 saturated heterocycles. The van der Waals surface area contributed by atoms with Crippen LogP contribution in [0.3, 0.4) is 0 Å². The molecule has 0 radical (unpaired) electrons. The van der Waals surface area contributed by atoms with E-state index in [-0.39, 0.29) is 39.3 Å². The Kier molecular flexibility index (Phi) is 7.52. The van der Waals surface area contributed by atoms with Crippen molar-refractivity contribution in [3.8, 4) is 12.1 Å². The van der Waals surface area contributed by atoms with Crippen LogP contribution in [0.25, 0.3) is 19.3 Å². The maximum atomic E-state index is 13.7. The van der Waals surface area contributed by atoms with E-state index in [0.29, 0.717) is 19.3 Å². The van der Waals surface area contributed by atoms with Gasteiger partial charge < -0.3 is 0 Å². The van der Waals surface area contributed by atoms with Crippen LogP contribution >= 0.6 is 0 Å². The van der Waals surface area contributed by atoms with Crippen molar-refractivity contribution in [1.82, 2.24) is 0 Å². The minimum atomic E-state index is -3.86. The summed E-state index contributed by atoms with van der Waals surface area (Å²) in [4.78, 5) is 0.329. The first-order chi connectivity index (χ1) is 19.5. The van der Waals surface area contributed by atoms with Crippen LogP contribution in [-0.4, -0.2) is 45.8 Å². The standard InChI is InChI=1S/C32H28N2O4S2Se2/c1-31(2,3)19-7-11-21(12-8-19)39(35,36)27-15-23-25(17-33)26(18-34)24-16-28(42-30(24)29(23)41-27)40(37,38)22-13-9-20(10-14-22)32(4,5)6/h7-16H,1-6H3. The Morgan fingerprint density at radius 3 is 1.14 bits per heavy atom. The van der Waals surface area contributed by atoms with Gasteiger partial charge in [0.15, 0.2) is 0 Å². The summed E-state index contributed by atoms with van der Waals surface area (Å²) in [5, 5.41) is 20.9. The molecule has 0 atom stereocenters. The van der Waals surface area contributed by atoms with Gasteiger partial charge in [0.2, 0.25) is 0 Å². The molecule has 2 aromatic heterocycles. The second-order valence-corrected chi connectivity index (χ2v) is 21.6. The third-order valence-corrected chi connectivity index (χ3v) is 18.6. The minimum absolute atomic E-state index is 0.0848. The molecule has 0 saturated carbocycles. The van der Waals surface area contributed by atoms with Crippen molar-refractivity contribution < 1.29 is 16.8 Å². The fraction of sp³-hybridized carbons (Fsp3) is 0.250. The van der Waals surface area contributed by atoms with E-state index in [1.54, 1.807) is 24.3 Å². The van der Waals surface area contributed by atoms with E-state index in [0.717, 1.165) is 11.1 Å². The summed E-state index contributed by atoms with van der Waals surface area (Å²) in [5.41, 5.74) is 1.92. The number of sulfone groups is 2. The topological polar surface area (TPSA) is 116 Å². The molecule has 42 heavy (non-hydrogen) atoms. The molecule has 214 valence electrons. The van der Waals surface area contributed by atoms with Gasteiger partial charge >= 0.3 is 260 Å². The number of nitriles is 2. The van der Waals surface area contributed by atoms with E-state index >= 15 is 0 Å². The summed E-state index contributed by atoms with van der Waals surface area (Å²) < 4.78 is 56.6. The van der Waals surface area contributed by atoms with Crippen LogP contribution < -0.4 is 0 Å². The average Bonchev–Trinajstić information content (AvgIpc) is 3.57. The fourth-order valence-electron chi connectivity index (χ4n) is 4.71. The van der Waals surface area contributed by atoms with Crippen LogP contribution in [0, 0.1) is 22.7 Å². The first kappa shape index (κ1) is 30.5. The Labute approximate surface area is 258 Å². The molecule has 3 aromatic carbocycles. The predicted octanol–water partition coefficient (Wildman–Crippen LogP) is 6.11. The van der Waals surface area contributed by atoms with Crippen LogP contribution in [-0.2, 0) is 30.5 Å². The molecular weight excluding hydrogens is 698 g/mol. The van der Waals surface area contributed by atoms with Crippen molar-refractivity contribution in [3.05, 3.63) is 82.9 Å². The number of benzene rings is 3. The van der Waals surface area contributed by atoms with Crippen molar-refractivity contribution in [2.45, 2.75) is 69.7 Å². The molecular formula is C32H28N2O4S2Se2. The zero-order valence-corrected chi connectivity index (χ0v) is 29.0. The molecule has 2 heterocycles. The summed E-state index contributed by atoms with van der Waals surface area (Å²) in [7, 11) is -7.73. The molecule has 0 amide bonds. The van der Waals surface area contributed by atoms with Gasteiger partial charge in [-0.3, -0.25) is 0 Å². The first-order valence-corrected chi connectivity index (χ1v) is 19.4. The van der Waals surface area contributed by atoms with Gasteiger partial charge in [-0.2, -0.15) is 0 Å². The maximum absolute atomic E-state index is 13.7. The number of rotatable bonds is 4. The fourth-order valence-corrected chi connectivity index (χ4v) is 14.9. The van der Waals surface area contributed by atoms with Crippen LogP contribution in [0.5, 0.6) is 0 Å². The second-order valence-electron chi connectivity index (χ2n) is 12.1. The van der Waals surface area contributed by atoms with Gasteiger partial charge in [-0.15, -0.1) is 0 Å². The molecule has 5 rings (SSSR count). The summed E-state index contributed by atoms with van der Waals surface area (Å²) in [5.74, 6) is 0. The van der Waals surface area contributed by atoms with E-state index in [9.17, 15) is 27.4 Å². The van der Waals surface area contributed by atoms with E-state index in [1.165, 1.54) is 12.1 Å². The van der Waals surface area contributed by atoms with Crippen LogP contribution in [0.1, 0.15) is 63.8 Å². The van der Waals surface area contributed by atoms with Crippen LogP contribution in [0.4, 0.5) is 0 Å². The Bertz CT molecular complexity index is 2020. The molecule has 0 unspecified atom stereocenters. The molecule has 0 fully saturated rings. The molecule has 6 nitrogen and oxygen atoms in total. The van der Waals surface area contributed by atoms with Gasteiger partial charge in [-0.25, -0.2) is 0 Å². The normalized spacial score (nSPS) is 12.9. The van der Waals surface area contributed by atoms with Crippen molar-refractivity contribution in [2.75, 3.05) is 0 Å². The molecule has 0 bridgehead atoms. The predicted molar refractivity (Wildman–Crippen MR) is 166 cm³/mol. The van der Waals surface area contributed by atoms with Gasteiger partial charge in [0.1, 0.15) is 0 Å². The zero-order chi connectivity index (χ0) is 30.8. The van der Waals surface area contributed by atoms with E-state index in [2.05, 4.69) is 53.7 Å². The Morgan fingerprint density at radius 1 is 0.571 bits per heavy atom. The quantitative estimate of drug-likeness (QED) is 0.207. The van der Waals surface area contributed by atoms with E-state index < -0.39 is 48.7 Å². The van der Waals surface area contributed by atoms with E-state index in [1.807, 2.05) is 24.3 Å². The Hall–Kier alpha value is -2.94. The first-order valence-electron chi connectivity index (χ1n) is 13.0. The Morgan fingerprint density at radius 2 is 0.881 bits per heavy atom. The van der Waals surface area contributed by atoms with Gasteiger partial charge in [0.25, 0.3) is 0 Å². The van der Waals surface area contributed by atoms with Crippen molar-refractivity contribution >= 4 is 68.0 Å². The molecule has 0 aliphatic heterocycles. The Balaban J connectivity index is 1.70. The van der Waals surface area contributed by atoms with Gasteiger partial charge in [0, 0.05) is 0 Å². The van der Waals surface area contributed by atoms with Crippen molar-refractivity contribution in [2.24, 2.45) is 0 Å². The SMILES string of the molecule is CC(C)(C)c1ccc(S(=O)(=O)c2cc3c(C#N)c(C#N)c4cc(S(=O)(=O)c5ccc(C(C)(C)C)cc5)[se]c4c3[se]2)cc1. The molecule has 0 spiro atoms. The molecule has 0 aliphatic carbocycles. The zero-order valence-electron chi connectivity index (χ0n) is 23.9. The number of fused-ring (bicyclic) bond motifs is 3. The number of hydrogen-bond acceptors (Lipinski definition) is 6. The summed E-state index contributed by atoms with van der Waals surface area (Å²) in [6, 6.07) is 20.9.